The molecule has 0 spiro atoms. The molecule has 0 aliphatic carbocycles. The summed E-state index contributed by atoms with van der Waals surface area (Å²) in [6, 6.07) is 13.0. The summed E-state index contributed by atoms with van der Waals surface area (Å²) in [7, 11) is -2.30. The van der Waals surface area contributed by atoms with Gasteiger partial charge in [-0.3, -0.25) is 13.9 Å². The van der Waals surface area contributed by atoms with Crippen LogP contribution >= 0.6 is 0 Å². The summed E-state index contributed by atoms with van der Waals surface area (Å²) in [6.07, 6.45) is -1.30. The second kappa shape index (κ2) is 14.1. The van der Waals surface area contributed by atoms with Crippen LogP contribution in [0.1, 0.15) is 56.5 Å². The fourth-order valence-corrected chi connectivity index (χ4v) is 5.28. The second-order valence-electron chi connectivity index (χ2n) is 10.4. The van der Waals surface area contributed by atoms with Crippen molar-refractivity contribution in [1.29, 1.82) is 0 Å². The minimum Gasteiger partial charge on any atom is -0.480 e. The van der Waals surface area contributed by atoms with E-state index in [4.69, 9.17) is 0 Å². The Kier molecular flexibility index (Phi) is 11.5. The second-order valence-corrected chi connectivity index (χ2v) is 12.4. The van der Waals surface area contributed by atoms with Gasteiger partial charge in [-0.15, -0.1) is 0 Å². The number of aliphatic carboxylic acids is 1. The lowest BCUT2D eigenvalue weighted by Gasteiger charge is -2.27. The summed E-state index contributed by atoms with van der Waals surface area (Å²) in [5, 5.41) is 25.3. The molecule has 2 rings (SSSR count). The molecule has 0 aliphatic rings. The molecular weight excluding hydrogens is 522 g/mol. The molecule has 0 saturated carbocycles. The molecule has 0 heterocycles. The van der Waals surface area contributed by atoms with E-state index in [2.05, 4.69) is 10.6 Å². The molecule has 11 heteroatoms. The number of hydrogen-bond acceptors (Lipinski definition) is 6. The largest absolute Gasteiger partial charge is 0.480 e. The number of carboxylic acid groups (broad SMARTS) is 1. The summed E-state index contributed by atoms with van der Waals surface area (Å²) in [5.41, 5.74) is 1.12. The van der Waals surface area contributed by atoms with Crippen molar-refractivity contribution in [2.24, 2.45) is 11.8 Å². The van der Waals surface area contributed by atoms with Gasteiger partial charge in [0.15, 0.2) is 0 Å². The molecule has 2 aromatic rings. The molecule has 4 N–H and O–H groups in total. The van der Waals surface area contributed by atoms with Gasteiger partial charge in [-0.1, -0.05) is 64.1 Å². The van der Waals surface area contributed by atoms with Crippen molar-refractivity contribution in [1.82, 2.24) is 10.6 Å². The van der Waals surface area contributed by atoms with Gasteiger partial charge >= 0.3 is 5.97 Å². The number of carboxylic acids is 1. The predicted molar refractivity (Wildman–Crippen MR) is 150 cm³/mol. The lowest BCUT2D eigenvalue weighted by atomic mass is 9.96. The van der Waals surface area contributed by atoms with E-state index in [1.54, 1.807) is 56.3 Å². The van der Waals surface area contributed by atoms with E-state index in [0.29, 0.717) is 17.7 Å². The highest BCUT2D eigenvalue weighted by molar-refractivity contribution is 7.92. The summed E-state index contributed by atoms with van der Waals surface area (Å²) >= 11 is 0. The first-order chi connectivity index (χ1) is 18.2. The maximum Gasteiger partial charge on any atom is 0.326 e. The number of nitrogens with zero attached hydrogens (tertiary/aromatic N) is 1. The molecule has 0 unspecified atom stereocenters. The van der Waals surface area contributed by atoms with Crippen LogP contribution in [-0.2, 0) is 25.4 Å². The van der Waals surface area contributed by atoms with E-state index >= 15 is 0 Å². The summed E-state index contributed by atoms with van der Waals surface area (Å²) in [4.78, 5) is 37.0. The van der Waals surface area contributed by atoms with E-state index in [0.717, 1.165) is 4.31 Å². The Bertz CT molecular complexity index is 1230. The fraction of sp³-hybridized carbons (Fsp3) is 0.464. The summed E-state index contributed by atoms with van der Waals surface area (Å²) in [5.74, 6) is -2.84. The van der Waals surface area contributed by atoms with Gasteiger partial charge in [-0.25, -0.2) is 13.2 Å². The zero-order chi connectivity index (χ0) is 29.3. The molecule has 0 aliphatic heterocycles. The van der Waals surface area contributed by atoms with Gasteiger partial charge in [0.1, 0.15) is 6.04 Å². The average molecular weight is 562 g/mol. The molecular formula is C28H39N3O7S. The van der Waals surface area contributed by atoms with E-state index in [1.807, 2.05) is 13.8 Å². The zero-order valence-electron chi connectivity index (χ0n) is 23.0. The summed E-state index contributed by atoms with van der Waals surface area (Å²) < 4.78 is 27.0. The molecule has 0 saturated heterocycles. The number of nitrogens with one attached hydrogen (secondary N) is 2. The minimum atomic E-state index is -3.72. The Labute approximate surface area is 230 Å². The van der Waals surface area contributed by atoms with Crippen LogP contribution in [0, 0.1) is 11.8 Å². The number of rotatable bonds is 14. The van der Waals surface area contributed by atoms with Crippen LogP contribution in [0.5, 0.6) is 0 Å². The number of hydrogen-bond donors (Lipinski definition) is 4. The van der Waals surface area contributed by atoms with Crippen LogP contribution in [0.25, 0.3) is 0 Å². The molecule has 0 bridgehead atoms. The zero-order valence-corrected chi connectivity index (χ0v) is 23.8. The van der Waals surface area contributed by atoms with Gasteiger partial charge in [0, 0.05) is 12.6 Å². The van der Waals surface area contributed by atoms with Crippen molar-refractivity contribution in [3.8, 4) is 0 Å². The van der Waals surface area contributed by atoms with Crippen LogP contribution in [0.2, 0.25) is 0 Å². The van der Waals surface area contributed by atoms with Gasteiger partial charge in [0.25, 0.3) is 5.91 Å². The first-order valence-electron chi connectivity index (χ1n) is 12.8. The predicted octanol–water partition coefficient (Wildman–Crippen LogP) is 2.77. The number of aliphatic hydroxyl groups is 1. The number of sulfonamides is 1. The first-order valence-corrected chi connectivity index (χ1v) is 14.4. The van der Waals surface area contributed by atoms with Crippen LogP contribution in [-0.4, -0.2) is 61.6 Å². The van der Waals surface area contributed by atoms with Crippen molar-refractivity contribution in [3.05, 3.63) is 65.7 Å². The molecule has 2 amide bonds. The lowest BCUT2D eigenvalue weighted by molar-refractivity contribution is -0.143. The minimum absolute atomic E-state index is 0.0658. The molecule has 2 aromatic carbocycles. The summed E-state index contributed by atoms with van der Waals surface area (Å²) in [6.45, 7) is 7.13. The maximum atomic E-state index is 13.1. The molecule has 39 heavy (non-hydrogen) atoms. The first kappa shape index (κ1) is 31.8. The number of amides is 2. The topological polar surface area (TPSA) is 153 Å². The van der Waals surface area contributed by atoms with Gasteiger partial charge in [-0.05, 0) is 42.0 Å². The van der Waals surface area contributed by atoms with Gasteiger partial charge in [0.2, 0.25) is 15.9 Å². The van der Waals surface area contributed by atoms with E-state index < -0.39 is 52.4 Å². The number of aliphatic hydroxyl groups excluding tert-OH is 1. The molecule has 214 valence electrons. The number of benzene rings is 2. The van der Waals surface area contributed by atoms with Gasteiger partial charge in [-0.2, -0.15) is 0 Å². The van der Waals surface area contributed by atoms with Crippen molar-refractivity contribution in [2.45, 2.75) is 64.5 Å². The Morgan fingerprint density at radius 3 is 2.15 bits per heavy atom. The highest BCUT2D eigenvalue weighted by Gasteiger charge is 2.29. The molecule has 10 nitrogen and oxygen atoms in total. The number of carbonyl (C=O) groups is 3. The molecule has 0 fully saturated rings. The number of anilines is 1. The lowest BCUT2D eigenvalue weighted by Crippen LogP contribution is -2.49. The van der Waals surface area contributed by atoms with Crippen molar-refractivity contribution in [3.63, 3.8) is 0 Å². The van der Waals surface area contributed by atoms with E-state index in [-0.39, 0.29) is 23.2 Å². The van der Waals surface area contributed by atoms with E-state index in [1.165, 1.54) is 19.2 Å². The Balaban J connectivity index is 2.15. The highest BCUT2D eigenvalue weighted by Crippen LogP contribution is 2.21. The van der Waals surface area contributed by atoms with Crippen LogP contribution in [0.3, 0.4) is 0 Å². The SMILES string of the molecule is CC(C)C[C@H](NC(=O)c1cccc(N(C)S(=O)(=O)Cc2ccccc2)c1)[C@@H](O)CC(=O)N[C@H](C(=O)O)C(C)C. The van der Waals surface area contributed by atoms with E-state index in [9.17, 15) is 33.0 Å². The maximum absolute atomic E-state index is 13.1. The van der Waals surface area contributed by atoms with Crippen molar-refractivity contribution < 1.29 is 33.0 Å². The monoisotopic (exact) mass is 561 g/mol. The van der Waals surface area contributed by atoms with Crippen molar-refractivity contribution in [2.75, 3.05) is 11.4 Å². The third kappa shape index (κ3) is 9.67. The van der Waals surface area contributed by atoms with Crippen LogP contribution in [0.15, 0.2) is 54.6 Å². The Morgan fingerprint density at radius 2 is 1.59 bits per heavy atom. The Hall–Kier alpha value is -3.44. The van der Waals surface area contributed by atoms with Gasteiger partial charge in [0.05, 0.1) is 30.0 Å². The normalized spacial score (nSPS) is 13.9. The standard InChI is InChI=1S/C28H39N3O7S/c1-18(2)14-23(24(32)16-25(33)30-26(19(3)4)28(35)36)29-27(34)21-12-9-13-22(15-21)31(5)39(37,38)17-20-10-7-6-8-11-20/h6-13,15,18-19,23-24,26,32H,14,16-17H2,1-5H3,(H,29,34)(H,30,33)(H,35,36)/t23-,24-,26-/m0/s1. The number of carbonyl (C=O) groups excluding carboxylic acids is 2. The van der Waals surface area contributed by atoms with Crippen LogP contribution < -0.4 is 14.9 Å². The molecule has 3 atom stereocenters. The van der Waals surface area contributed by atoms with Gasteiger partial charge < -0.3 is 20.8 Å². The molecule has 0 radical (unpaired) electrons. The van der Waals surface area contributed by atoms with Crippen LogP contribution in [0.4, 0.5) is 5.69 Å². The quantitative estimate of drug-likeness (QED) is 0.277. The molecule has 0 aromatic heterocycles. The highest BCUT2D eigenvalue weighted by atomic mass is 32.2. The smallest absolute Gasteiger partial charge is 0.326 e. The fourth-order valence-electron chi connectivity index (χ4n) is 4.04. The van der Waals surface area contributed by atoms with Crippen molar-refractivity contribution >= 4 is 33.5 Å². The third-order valence-electron chi connectivity index (χ3n) is 6.23. The Morgan fingerprint density at radius 1 is 0.949 bits per heavy atom. The third-order valence-corrected chi connectivity index (χ3v) is 7.97. The average Bonchev–Trinajstić information content (AvgIpc) is 2.86.